The lowest BCUT2D eigenvalue weighted by atomic mass is 10.2. The minimum atomic E-state index is -0.0657. The summed E-state index contributed by atoms with van der Waals surface area (Å²) in [6, 6.07) is 12.8. The van der Waals surface area contributed by atoms with Crippen molar-refractivity contribution in [2.24, 2.45) is 0 Å². The highest BCUT2D eigenvalue weighted by atomic mass is 35.5. The predicted octanol–water partition coefficient (Wildman–Crippen LogP) is 3.34. The van der Waals surface area contributed by atoms with Gasteiger partial charge in [0.05, 0.1) is 30.2 Å². The molecule has 0 amide bonds. The van der Waals surface area contributed by atoms with E-state index in [-0.39, 0.29) is 5.56 Å². The zero-order chi connectivity index (χ0) is 19.0. The first-order valence-electron chi connectivity index (χ1n) is 8.57. The van der Waals surface area contributed by atoms with Crippen LogP contribution in [-0.4, -0.2) is 26.3 Å². The molecule has 0 spiro atoms. The Labute approximate surface area is 160 Å². The second-order valence-electron chi connectivity index (χ2n) is 6.02. The van der Waals surface area contributed by atoms with E-state index < -0.39 is 0 Å². The molecule has 0 aliphatic rings. The molecule has 2 aromatic heterocycles. The largest absolute Gasteiger partial charge is 0.495 e. The molecule has 0 aliphatic carbocycles. The summed E-state index contributed by atoms with van der Waals surface area (Å²) in [6.07, 6.45) is 0. The average molecular weight is 384 g/mol. The molecule has 0 atom stereocenters. The number of aromatic nitrogens is 4. The molecule has 4 aromatic rings. The Hall–Kier alpha value is -3.06. The maximum absolute atomic E-state index is 12.7. The molecular formula is C19H18ClN5O2. The van der Waals surface area contributed by atoms with Crippen LogP contribution in [0.4, 0.5) is 5.69 Å². The highest BCUT2D eigenvalue weighted by molar-refractivity contribution is 6.30. The van der Waals surface area contributed by atoms with Gasteiger partial charge in [-0.25, -0.2) is 0 Å². The van der Waals surface area contributed by atoms with E-state index in [4.69, 9.17) is 16.3 Å². The lowest BCUT2D eigenvalue weighted by Crippen LogP contribution is -2.23. The van der Waals surface area contributed by atoms with Gasteiger partial charge >= 0.3 is 0 Å². The van der Waals surface area contributed by atoms with Gasteiger partial charge in [-0.1, -0.05) is 23.7 Å². The molecule has 7 nitrogen and oxygen atoms in total. The zero-order valence-corrected chi connectivity index (χ0v) is 15.7. The quantitative estimate of drug-likeness (QED) is 0.572. The molecule has 8 heteroatoms. The summed E-state index contributed by atoms with van der Waals surface area (Å²) < 4.78 is 8.90. The number of nitrogens with zero attached hydrogens (tertiary/aromatic N) is 4. The van der Waals surface area contributed by atoms with Crippen LogP contribution in [0.3, 0.4) is 0 Å². The Morgan fingerprint density at radius 3 is 2.78 bits per heavy atom. The molecule has 0 fully saturated rings. The third-order valence-electron chi connectivity index (χ3n) is 4.49. The number of benzene rings is 2. The van der Waals surface area contributed by atoms with E-state index in [9.17, 15) is 4.79 Å². The standard InChI is InChI=1S/C19H18ClN5O2/c1-3-24-18(26)13-6-4-5-7-15(13)25-17(22-23-19(24)25)11-21-14-10-12(20)8-9-16(14)27-2/h4-10,21H,3,11H2,1-2H3. The molecule has 0 bridgehead atoms. The molecule has 2 heterocycles. The number of ether oxygens (including phenoxy) is 1. The van der Waals surface area contributed by atoms with Crippen molar-refractivity contribution < 1.29 is 4.74 Å². The summed E-state index contributed by atoms with van der Waals surface area (Å²) in [7, 11) is 1.61. The molecule has 2 aromatic carbocycles. The van der Waals surface area contributed by atoms with E-state index >= 15 is 0 Å². The molecular weight excluding hydrogens is 366 g/mol. The van der Waals surface area contributed by atoms with E-state index in [1.54, 1.807) is 29.9 Å². The summed E-state index contributed by atoms with van der Waals surface area (Å²) in [5.41, 5.74) is 1.47. The molecule has 1 N–H and O–H groups in total. The van der Waals surface area contributed by atoms with Crippen LogP contribution in [-0.2, 0) is 13.1 Å². The fourth-order valence-electron chi connectivity index (χ4n) is 3.21. The molecule has 0 aliphatic heterocycles. The number of hydrogen-bond acceptors (Lipinski definition) is 5. The number of methoxy groups -OCH3 is 1. The minimum absolute atomic E-state index is 0.0657. The third-order valence-corrected chi connectivity index (χ3v) is 4.72. The highest BCUT2D eigenvalue weighted by Gasteiger charge is 2.15. The summed E-state index contributed by atoms with van der Waals surface area (Å²) in [5.74, 6) is 1.89. The van der Waals surface area contributed by atoms with Gasteiger partial charge in [0.2, 0.25) is 5.78 Å². The van der Waals surface area contributed by atoms with Crippen molar-refractivity contribution >= 4 is 34.0 Å². The number of halogens is 1. The Bertz CT molecular complexity index is 1200. The summed E-state index contributed by atoms with van der Waals surface area (Å²) in [6.45, 7) is 2.82. The first-order valence-corrected chi connectivity index (χ1v) is 8.94. The van der Waals surface area contributed by atoms with Crippen molar-refractivity contribution in [3.8, 4) is 5.75 Å². The van der Waals surface area contributed by atoms with Crippen molar-refractivity contribution in [2.75, 3.05) is 12.4 Å². The SMILES string of the molecule is CCn1c(=O)c2ccccc2n2c(CNc3cc(Cl)ccc3OC)nnc12. The molecule has 0 saturated heterocycles. The topological polar surface area (TPSA) is 73.5 Å². The van der Waals surface area contributed by atoms with Crippen molar-refractivity contribution in [1.82, 2.24) is 19.2 Å². The second kappa shape index (κ2) is 6.92. The van der Waals surface area contributed by atoms with Crippen molar-refractivity contribution in [3.05, 3.63) is 63.7 Å². The predicted molar refractivity (Wildman–Crippen MR) is 106 cm³/mol. The van der Waals surface area contributed by atoms with Crippen LogP contribution in [0.5, 0.6) is 5.75 Å². The van der Waals surface area contributed by atoms with Crippen molar-refractivity contribution in [3.63, 3.8) is 0 Å². The summed E-state index contributed by atoms with van der Waals surface area (Å²) >= 11 is 6.10. The highest BCUT2D eigenvalue weighted by Crippen LogP contribution is 2.28. The number of nitrogens with one attached hydrogen (secondary N) is 1. The summed E-state index contributed by atoms with van der Waals surface area (Å²) in [4.78, 5) is 12.7. The fourth-order valence-corrected chi connectivity index (χ4v) is 3.38. The van der Waals surface area contributed by atoms with Gasteiger partial charge in [-0.05, 0) is 37.3 Å². The Morgan fingerprint density at radius 1 is 1.19 bits per heavy atom. The molecule has 138 valence electrons. The van der Waals surface area contributed by atoms with E-state index in [1.165, 1.54) is 0 Å². The number of aryl methyl sites for hydroxylation is 1. The number of para-hydroxylation sites is 1. The zero-order valence-electron chi connectivity index (χ0n) is 14.9. The van der Waals surface area contributed by atoms with E-state index in [2.05, 4.69) is 15.5 Å². The number of hydrogen-bond donors (Lipinski definition) is 1. The number of rotatable bonds is 5. The minimum Gasteiger partial charge on any atom is -0.495 e. The van der Waals surface area contributed by atoms with Gasteiger partial charge in [0.15, 0.2) is 5.82 Å². The average Bonchev–Trinajstić information content (AvgIpc) is 3.11. The Kier molecular flexibility index (Phi) is 4.45. The van der Waals surface area contributed by atoms with Crippen LogP contribution in [0.1, 0.15) is 12.7 Å². The molecule has 0 saturated carbocycles. The van der Waals surface area contributed by atoms with E-state index in [0.717, 1.165) is 11.2 Å². The van der Waals surface area contributed by atoms with Crippen LogP contribution in [0, 0.1) is 0 Å². The van der Waals surface area contributed by atoms with Gasteiger partial charge in [0.25, 0.3) is 5.56 Å². The third kappa shape index (κ3) is 2.90. The maximum Gasteiger partial charge on any atom is 0.262 e. The van der Waals surface area contributed by atoms with Crippen LogP contribution in [0.15, 0.2) is 47.3 Å². The van der Waals surface area contributed by atoms with Gasteiger partial charge < -0.3 is 10.1 Å². The van der Waals surface area contributed by atoms with Crippen LogP contribution in [0.2, 0.25) is 5.02 Å². The lowest BCUT2D eigenvalue weighted by Gasteiger charge is -2.12. The fraction of sp³-hybridized carbons (Fsp3) is 0.211. The van der Waals surface area contributed by atoms with E-state index in [0.29, 0.717) is 40.8 Å². The molecule has 4 rings (SSSR count). The monoisotopic (exact) mass is 383 g/mol. The van der Waals surface area contributed by atoms with Crippen molar-refractivity contribution in [1.29, 1.82) is 0 Å². The number of fused-ring (bicyclic) bond motifs is 3. The van der Waals surface area contributed by atoms with Gasteiger partial charge in [-0.3, -0.25) is 13.8 Å². The van der Waals surface area contributed by atoms with Gasteiger partial charge in [-0.2, -0.15) is 0 Å². The van der Waals surface area contributed by atoms with Crippen LogP contribution >= 0.6 is 11.6 Å². The molecule has 0 radical (unpaired) electrons. The molecule has 27 heavy (non-hydrogen) atoms. The maximum atomic E-state index is 12.7. The number of anilines is 1. The van der Waals surface area contributed by atoms with Gasteiger partial charge in [0.1, 0.15) is 5.75 Å². The van der Waals surface area contributed by atoms with Crippen LogP contribution in [0.25, 0.3) is 16.7 Å². The first kappa shape index (κ1) is 17.4. The second-order valence-corrected chi connectivity index (χ2v) is 6.45. The van der Waals surface area contributed by atoms with Crippen LogP contribution < -0.4 is 15.6 Å². The summed E-state index contributed by atoms with van der Waals surface area (Å²) in [5, 5.41) is 13.1. The lowest BCUT2D eigenvalue weighted by molar-refractivity contribution is 0.416. The first-order chi connectivity index (χ1) is 13.1. The van der Waals surface area contributed by atoms with Gasteiger partial charge in [0, 0.05) is 11.6 Å². The van der Waals surface area contributed by atoms with Gasteiger partial charge in [-0.15, -0.1) is 10.2 Å². The van der Waals surface area contributed by atoms with Crippen molar-refractivity contribution in [2.45, 2.75) is 20.0 Å². The normalized spacial score (nSPS) is 11.2. The Balaban J connectivity index is 1.83. The smallest absolute Gasteiger partial charge is 0.262 e. The van der Waals surface area contributed by atoms with E-state index in [1.807, 2.05) is 35.6 Å². The Morgan fingerprint density at radius 2 is 2.00 bits per heavy atom. The molecule has 0 unspecified atom stereocenters.